The molecule has 0 aliphatic rings. The quantitative estimate of drug-likeness (QED) is 0.643. The molecular weight excluding hydrogens is 348 g/mol. The van der Waals surface area contributed by atoms with Crippen molar-refractivity contribution in [3.05, 3.63) is 101 Å². The maximum absolute atomic E-state index is 12.6. The molecular formula is C24H24N2O2. The van der Waals surface area contributed by atoms with Crippen molar-refractivity contribution in [2.45, 2.75) is 19.8 Å². The lowest BCUT2D eigenvalue weighted by atomic mass is 10.1. The Balaban J connectivity index is 1.62. The smallest absolute Gasteiger partial charge is 0.255 e. The Morgan fingerprint density at radius 3 is 2.21 bits per heavy atom. The second-order valence-electron chi connectivity index (χ2n) is 6.54. The maximum atomic E-state index is 12.6. The lowest BCUT2D eigenvalue weighted by Gasteiger charge is -2.11. The molecule has 0 radical (unpaired) electrons. The van der Waals surface area contributed by atoms with Gasteiger partial charge in [0.2, 0.25) is 0 Å². The third kappa shape index (κ3) is 5.07. The molecule has 0 aliphatic heterocycles. The molecule has 0 unspecified atom stereocenters. The van der Waals surface area contributed by atoms with Gasteiger partial charge in [-0.15, -0.1) is 0 Å². The number of aryl methyl sites for hydroxylation is 1. The van der Waals surface area contributed by atoms with Gasteiger partial charge in [-0.2, -0.15) is 0 Å². The summed E-state index contributed by atoms with van der Waals surface area (Å²) < 4.78 is 0. The average molecular weight is 372 g/mol. The predicted octanol–water partition coefficient (Wildman–Crippen LogP) is 4.47. The lowest BCUT2D eigenvalue weighted by molar-refractivity contribution is 0.0954. The van der Waals surface area contributed by atoms with Crippen LogP contribution >= 0.6 is 0 Å². The molecule has 0 aromatic heterocycles. The molecule has 2 N–H and O–H groups in total. The number of amides is 2. The number of hydrogen-bond donors (Lipinski definition) is 2. The van der Waals surface area contributed by atoms with E-state index in [1.165, 1.54) is 5.56 Å². The van der Waals surface area contributed by atoms with E-state index < -0.39 is 0 Å². The van der Waals surface area contributed by atoms with Crippen LogP contribution in [0.3, 0.4) is 0 Å². The van der Waals surface area contributed by atoms with Crippen LogP contribution in [0.4, 0.5) is 5.69 Å². The molecule has 0 spiro atoms. The molecule has 142 valence electrons. The van der Waals surface area contributed by atoms with Gasteiger partial charge in [-0.05, 0) is 48.2 Å². The topological polar surface area (TPSA) is 58.2 Å². The van der Waals surface area contributed by atoms with E-state index in [0.717, 1.165) is 24.1 Å². The third-order valence-corrected chi connectivity index (χ3v) is 4.58. The Labute approximate surface area is 165 Å². The molecule has 0 heterocycles. The number of benzene rings is 3. The average Bonchev–Trinajstić information content (AvgIpc) is 2.75. The summed E-state index contributed by atoms with van der Waals surface area (Å²) >= 11 is 0. The molecule has 3 rings (SSSR count). The Morgan fingerprint density at radius 2 is 1.46 bits per heavy atom. The van der Waals surface area contributed by atoms with Crippen molar-refractivity contribution in [1.29, 1.82) is 0 Å². The highest BCUT2D eigenvalue weighted by atomic mass is 16.2. The van der Waals surface area contributed by atoms with Gasteiger partial charge < -0.3 is 10.6 Å². The largest absolute Gasteiger partial charge is 0.352 e. The fourth-order valence-electron chi connectivity index (χ4n) is 3.01. The van der Waals surface area contributed by atoms with Crippen molar-refractivity contribution >= 4 is 17.5 Å². The zero-order valence-corrected chi connectivity index (χ0v) is 15.9. The van der Waals surface area contributed by atoms with Gasteiger partial charge in [-0.1, -0.05) is 61.5 Å². The number of carbonyl (C=O) groups is 2. The van der Waals surface area contributed by atoms with Crippen LogP contribution in [-0.2, 0) is 12.8 Å². The molecule has 28 heavy (non-hydrogen) atoms. The highest BCUT2D eigenvalue weighted by Crippen LogP contribution is 2.17. The lowest BCUT2D eigenvalue weighted by Crippen LogP contribution is -2.26. The third-order valence-electron chi connectivity index (χ3n) is 4.58. The number of hydrogen-bond acceptors (Lipinski definition) is 2. The van der Waals surface area contributed by atoms with Gasteiger partial charge in [0, 0.05) is 23.4 Å². The first-order chi connectivity index (χ1) is 13.7. The summed E-state index contributed by atoms with van der Waals surface area (Å²) in [6.07, 6.45) is 1.60. The monoisotopic (exact) mass is 372 g/mol. The second kappa shape index (κ2) is 9.51. The molecule has 0 aliphatic carbocycles. The molecule has 2 amide bonds. The zero-order chi connectivity index (χ0) is 19.8. The Bertz CT molecular complexity index is 952. The molecule has 0 saturated carbocycles. The summed E-state index contributed by atoms with van der Waals surface area (Å²) in [5, 5.41) is 5.85. The van der Waals surface area contributed by atoms with E-state index in [4.69, 9.17) is 0 Å². The molecule has 4 nitrogen and oxygen atoms in total. The molecule has 0 atom stereocenters. The van der Waals surface area contributed by atoms with Crippen molar-refractivity contribution < 1.29 is 9.59 Å². The molecule has 4 heteroatoms. The fourth-order valence-corrected chi connectivity index (χ4v) is 3.01. The summed E-state index contributed by atoms with van der Waals surface area (Å²) in [6.45, 7) is 2.59. The van der Waals surface area contributed by atoms with E-state index in [0.29, 0.717) is 17.7 Å². The van der Waals surface area contributed by atoms with Crippen LogP contribution in [0.15, 0.2) is 78.9 Å². The summed E-state index contributed by atoms with van der Waals surface area (Å²) in [5.41, 5.74) is 3.98. The van der Waals surface area contributed by atoms with Crippen LogP contribution in [0.2, 0.25) is 0 Å². The minimum atomic E-state index is -0.222. The van der Waals surface area contributed by atoms with E-state index in [1.807, 2.05) is 61.5 Å². The number of para-hydroxylation sites is 1. The van der Waals surface area contributed by atoms with Gasteiger partial charge in [0.15, 0.2) is 0 Å². The van der Waals surface area contributed by atoms with Crippen LogP contribution in [0.1, 0.15) is 38.8 Å². The Kier molecular flexibility index (Phi) is 6.58. The first kappa shape index (κ1) is 19.4. The van der Waals surface area contributed by atoms with Crippen LogP contribution < -0.4 is 10.6 Å². The Hall–Kier alpha value is -3.40. The van der Waals surface area contributed by atoms with Gasteiger partial charge in [-0.25, -0.2) is 0 Å². The van der Waals surface area contributed by atoms with Gasteiger partial charge in [0.1, 0.15) is 0 Å². The minimum absolute atomic E-state index is 0.181. The molecule has 0 bridgehead atoms. The van der Waals surface area contributed by atoms with Crippen LogP contribution in [0.5, 0.6) is 0 Å². The van der Waals surface area contributed by atoms with Crippen LogP contribution in [-0.4, -0.2) is 18.4 Å². The van der Waals surface area contributed by atoms with Gasteiger partial charge in [0.05, 0.1) is 0 Å². The summed E-state index contributed by atoms with van der Waals surface area (Å²) in [7, 11) is 0. The number of anilines is 1. The summed E-state index contributed by atoms with van der Waals surface area (Å²) in [5.74, 6) is -0.403. The van der Waals surface area contributed by atoms with Crippen molar-refractivity contribution in [2.24, 2.45) is 0 Å². The van der Waals surface area contributed by atoms with Crippen molar-refractivity contribution in [3.63, 3.8) is 0 Å². The molecule has 0 fully saturated rings. The van der Waals surface area contributed by atoms with E-state index >= 15 is 0 Å². The first-order valence-corrected chi connectivity index (χ1v) is 9.49. The van der Waals surface area contributed by atoms with Crippen LogP contribution in [0, 0.1) is 0 Å². The second-order valence-corrected chi connectivity index (χ2v) is 6.54. The number of carbonyl (C=O) groups excluding carboxylic acids is 2. The highest BCUT2D eigenvalue weighted by Gasteiger charge is 2.12. The fraction of sp³-hybridized carbons (Fsp3) is 0.167. The first-order valence-electron chi connectivity index (χ1n) is 9.49. The molecule has 0 saturated heterocycles. The minimum Gasteiger partial charge on any atom is -0.352 e. The van der Waals surface area contributed by atoms with E-state index in [9.17, 15) is 9.59 Å². The maximum Gasteiger partial charge on any atom is 0.255 e. The van der Waals surface area contributed by atoms with Crippen molar-refractivity contribution in [3.8, 4) is 0 Å². The summed E-state index contributed by atoms with van der Waals surface area (Å²) in [6, 6.07) is 24.5. The van der Waals surface area contributed by atoms with Crippen molar-refractivity contribution in [1.82, 2.24) is 5.32 Å². The SMILES string of the molecule is CCc1ccccc1NC(=O)c1cccc(C(=O)NCCc2ccccc2)c1. The van der Waals surface area contributed by atoms with Crippen LogP contribution in [0.25, 0.3) is 0 Å². The highest BCUT2D eigenvalue weighted by molar-refractivity contribution is 6.06. The van der Waals surface area contributed by atoms with Gasteiger partial charge in [0.25, 0.3) is 11.8 Å². The van der Waals surface area contributed by atoms with E-state index in [-0.39, 0.29) is 11.8 Å². The standard InChI is InChI=1S/C24H24N2O2/c1-2-19-11-6-7-14-22(19)26-24(28)21-13-8-12-20(17-21)23(27)25-16-15-18-9-4-3-5-10-18/h3-14,17H,2,15-16H2,1H3,(H,25,27)(H,26,28). The molecule has 3 aromatic rings. The zero-order valence-electron chi connectivity index (χ0n) is 15.9. The molecule has 3 aromatic carbocycles. The van der Waals surface area contributed by atoms with E-state index in [2.05, 4.69) is 10.6 Å². The predicted molar refractivity (Wildman–Crippen MR) is 113 cm³/mol. The summed E-state index contributed by atoms with van der Waals surface area (Å²) in [4.78, 5) is 25.0. The normalized spacial score (nSPS) is 10.3. The van der Waals surface area contributed by atoms with Gasteiger partial charge >= 0.3 is 0 Å². The van der Waals surface area contributed by atoms with Crippen molar-refractivity contribution in [2.75, 3.05) is 11.9 Å². The Morgan fingerprint density at radius 1 is 0.786 bits per heavy atom. The van der Waals surface area contributed by atoms with Gasteiger partial charge in [-0.3, -0.25) is 9.59 Å². The number of nitrogens with one attached hydrogen (secondary N) is 2. The number of rotatable bonds is 7. The van der Waals surface area contributed by atoms with E-state index in [1.54, 1.807) is 24.3 Å².